The molecule has 1 aromatic carbocycles. The van der Waals surface area contributed by atoms with Crippen LogP contribution < -0.4 is 0 Å². The van der Waals surface area contributed by atoms with Gasteiger partial charge in [0, 0.05) is 12.6 Å². The van der Waals surface area contributed by atoms with Crippen molar-refractivity contribution in [1.29, 1.82) is 0 Å². The van der Waals surface area contributed by atoms with E-state index >= 15 is 0 Å². The van der Waals surface area contributed by atoms with Gasteiger partial charge in [-0.25, -0.2) is 4.39 Å². The Balaban J connectivity index is 2.25. The SMILES string of the molecule is CC1c2ccc(F)cc2CCN1CC(=O)O. The second-order valence-corrected chi connectivity index (χ2v) is 4.13. The number of hydrogen-bond acceptors (Lipinski definition) is 2. The molecule has 1 heterocycles. The normalized spacial score (nSPS) is 20.5. The van der Waals surface area contributed by atoms with Gasteiger partial charge in [-0.3, -0.25) is 9.69 Å². The molecule has 0 spiro atoms. The summed E-state index contributed by atoms with van der Waals surface area (Å²) in [5.74, 6) is -1.05. The molecule has 0 aliphatic carbocycles. The number of aliphatic carboxylic acids is 1. The number of fused-ring (bicyclic) bond motifs is 1. The Hall–Kier alpha value is -1.42. The topological polar surface area (TPSA) is 40.5 Å². The van der Waals surface area contributed by atoms with Crippen molar-refractivity contribution in [2.45, 2.75) is 19.4 Å². The smallest absolute Gasteiger partial charge is 0.317 e. The molecular formula is C12H14FNO2. The van der Waals surface area contributed by atoms with Gasteiger partial charge >= 0.3 is 5.97 Å². The van der Waals surface area contributed by atoms with E-state index < -0.39 is 5.97 Å². The highest BCUT2D eigenvalue weighted by Crippen LogP contribution is 2.29. The van der Waals surface area contributed by atoms with E-state index in [1.807, 2.05) is 11.8 Å². The van der Waals surface area contributed by atoms with Gasteiger partial charge in [0.1, 0.15) is 5.82 Å². The Labute approximate surface area is 93.5 Å². The molecule has 1 unspecified atom stereocenters. The molecule has 0 fully saturated rings. The summed E-state index contributed by atoms with van der Waals surface area (Å²) in [4.78, 5) is 12.6. The molecule has 16 heavy (non-hydrogen) atoms. The van der Waals surface area contributed by atoms with Crippen molar-refractivity contribution in [1.82, 2.24) is 4.90 Å². The number of hydrogen-bond donors (Lipinski definition) is 1. The highest BCUT2D eigenvalue weighted by molar-refractivity contribution is 5.69. The molecule has 4 heteroatoms. The van der Waals surface area contributed by atoms with Crippen molar-refractivity contribution in [3.05, 3.63) is 35.1 Å². The fraction of sp³-hybridized carbons (Fsp3) is 0.417. The molecule has 3 nitrogen and oxygen atoms in total. The van der Waals surface area contributed by atoms with E-state index in [2.05, 4.69) is 0 Å². The highest BCUT2D eigenvalue weighted by Gasteiger charge is 2.25. The maximum Gasteiger partial charge on any atom is 0.317 e. The monoisotopic (exact) mass is 223 g/mol. The zero-order valence-corrected chi connectivity index (χ0v) is 9.11. The molecule has 2 rings (SSSR count). The fourth-order valence-corrected chi connectivity index (χ4v) is 2.24. The maximum atomic E-state index is 13.0. The molecule has 1 atom stereocenters. The molecule has 86 valence electrons. The molecule has 0 radical (unpaired) electrons. The largest absolute Gasteiger partial charge is 0.480 e. The Morgan fingerprint density at radius 1 is 1.62 bits per heavy atom. The predicted octanol–water partition coefficient (Wildman–Crippen LogP) is 1.83. The summed E-state index contributed by atoms with van der Waals surface area (Å²) in [6.45, 7) is 2.67. The van der Waals surface area contributed by atoms with Crippen LogP contribution in [-0.4, -0.2) is 29.1 Å². The molecule has 0 saturated heterocycles. The summed E-state index contributed by atoms with van der Waals surface area (Å²) in [6, 6.07) is 4.77. The van der Waals surface area contributed by atoms with Gasteiger partial charge in [-0.2, -0.15) is 0 Å². The quantitative estimate of drug-likeness (QED) is 0.831. The van der Waals surface area contributed by atoms with E-state index in [9.17, 15) is 9.18 Å². The van der Waals surface area contributed by atoms with Crippen molar-refractivity contribution in [2.75, 3.05) is 13.1 Å². The van der Waals surface area contributed by atoms with E-state index in [0.29, 0.717) is 13.0 Å². The summed E-state index contributed by atoms with van der Waals surface area (Å²) in [7, 11) is 0. The summed E-state index contributed by atoms with van der Waals surface area (Å²) in [6.07, 6.45) is 0.713. The van der Waals surface area contributed by atoms with Crippen molar-refractivity contribution in [3.63, 3.8) is 0 Å². The average molecular weight is 223 g/mol. The van der Waals surface area contributed by atoms with Gasteiger partial charge in [0.25, 0.3) is 0 Å². The lowest BCUT2D eigenvalue weighted by Crippen LogP contribution is -2.37. The van der Waals surface area contributed by atoms with Crippen LogP contribution in [0.1, 0.15) is 24.1 Å². The first kappa shape index (κ1) is 11.1. The van der Waals surface area contributed by atoms with Crippen molar-refractivity contribution in [3.8, 4) is 0 Å². The molecule has 0 saturated carbocycles. The van der Waals surface area contributed by atoms with Gasteiger partial charge < -0.3 is 5.11 Å². The third-order valence-corrected chi connectivity index (χ3v) is 3.11. The van der Waals surface area contributed by atoms with Crippen LogP contribution >= 0.6 is 0 Å². The minimum absolute atomic E-state index is 0.0397. The molecule has 0 aromatic heterocycles. The number of benzene rings is 1. The minimum Gasteiger partial charge on any atom is -0.480 e. The summed E-state index contributed by atoms with van der Waals surface area (Å²) in [5.41, 5.74) is 2.03. The second kappa shape index (κ2) is 4.22. The highest BCUT2D eigenvalue weighted by atomic mass is 19.1. The van der Waals surface area contributed by atoms with Gasteiger partial charge in [-0.05, 0) is 36.6 Å². The lowest BCUT2D eigenvalue weighted by Gasteiger charge is -2.33. The Morgan fingerprint density at radius 3 is 3.06 bits per heavy atom. The van der Waals surface area contributed by atoms with Crippen LogP contribution in [0.3, 0.4) is 0 Å². The number of carboxylic acids is 1. The van der Waals surface area contributed by atoms with Gasteiger partial charge in [0.2, 0.25) is 0 Å². The molecule has 1 aliphatic heterocycles. The van der Waals surface area contributed by atoms with E-state index in [4.69, 9.17) is 5.11 Å². The first-order chi connectivity index (χ1) is 7.58. The zero-order chi connectivity index (χ0) is 11.7. The molecule has 1 aromatic rings. The van der Waals surface area contributed by atoms with Gasteiger partial charge in [-0.15, -0.1) is 0 Å². The van der Waals surface area contributed by atoms with Crippen LogP contribution in [0.15, 0.2) is 18.2 Å². The number of carbonyl (C=O) groups is 1. The standard InChI is InChI=1S/C12H14FNO2/c1-8-11-3-2-10(13)6-9(11)4-5-14(8)7-12(15)16/h2-3,6,8H,4-5,7H2,1H3,(H,15,16). The first-order valence-corrected chi connectivity index (χ1v) is 5.32. The molecular weight excluding hydrogens is 209 g/mol. The van der Waals surface area contributed by atoms with Crippen LogP contribution in [0.25, 0.3) is 0 Å². The average Bonchev–Trinajstić information content (AvgIpc) is 2.22. The van der Waals surface area contributed by atoms with Crippen LogP contribution in [0.4, 0.5) is 4.39 Å². The van der Waals surface area contributed by atoms with E-state index in [1.165, 1.54) is 6.07 Å². The molecule has 1 N–H and O–H groups in total. The molecule has 0 amide bonds. The third-order valence-electron chi connectivity index (χ3n) is 3.11. The predicted molar refractivity (Wildman–Crippen MR) is 57.7 cm³/mol. The first-order valence-electron chi connectivity index (χ1n) is 5.32. The number of halogens is 1. The van der Waals surface area contributed by atoms with E-state index in [0.717, 1.165) is 11.1 Å². The number of nitrogens with zero attached hydrogens (tertiary/aromatic N) is 1. The lowest BCUT2D eigenvalue weighted by molar-refractivity contribution is -0.139. The van der Waals surface area contributed by atoms with Crippen LogP contribution in [0.2, 0.25) is 0 Å². The maximum absolute atomic E-state index is 13.0. The minimum atomic E-state index is -0.822. The van der Waals surface area contributed by atoms with E-state index in [-0.39, 0.29) is 18.4 Å². The fourth-order valence-electron chi connectivity index (χ4n) is 2.24. The van der Waals surface area contributed by atoms with Gasteiger partial charge in [0.05, 0.1) is 6.54 Å². The Morgan fingerprint density at radius 2 is 2.38 bits per heavy atom. The lowest BCUT2D eigenvalue weighted by atomic mass is 9.93. The summed E-state index contributed by atoms with van der Waals surface area (Å²) in [5, 5.41) is 8.77. The van der Waals surface area contributed by atoms with Crippen LogP contribution in [0, 0.1) is 5.82 Å². The van der Waals surface area contributed by atoms with Crippen LogP contribution in [-0.2, 0) is 11.2 Å². The van der Waals surface area contributed by atoms with Gasteiger partial charge in [0.15, 0.2) is 0 Å². The molecule has 1 aliphatic rings. The number of carboxylic acid groups (broad SMARTS) is 1. The van der Waals surface area contributed by atoms with Crippen molar-refractivity contribution >= 4 is 5.97 Å². The number of rotatable bonds is 2. The third kappa shape index (κ3) is 2.07. The molecule has 0 bridgehead atoms. The summed E-state index contributed by atoms with van der Waals surface area (Å²) < 4.78 is 13.0. The van der Waals surface area contributed by atoms with Crippen molar-refractivity contribution < 1.29 is 14.3 Å². The Kier molecular flexibility index (Phi) is 2.92. The Bertz CT molecular complexity index is 419. The van der Waals surface area contributed by atoms with E-state index in [1.54, 1.807) is 12.1 Å². The van der Waals surface area contributed by atoms with Crippen LogP contribution in [0.5, 0.6) is 0 Å². The summed E-state index contributed by atoms with van der Waals surface area (Å²) >= 11 is 0. The zero-order valence-electron chi connectivity index (χ0n) is 9.11. The van der Waals surface area contributed by atoms with Gasteiger partial charge in [-0.1, -0.05) is 6.07 Å². The van der Waals surface area contributed by atoms with Crippen molar-refractivity contribution in [2.24, 2.45) is 0 Å². The second-order valence-electron chi connectivity index (χ2n) is 4.13.